The summed E-state index contributed by atoms with van der Waals surface area (Å²) in [6.45, 7) is 1.98. The van der Waals surface area contributed by atoms with E-state index in [1.165, 1.54) is 16.2 Å². The van der Waals surface area contributed by atoms with Gasteiger partial charge in [-0.2, -0.15) is 0 Å². The van der Waals surface area contributed by atoms with Gasteiger partial charge in [-0.3, -0.25) is 9.69 Å². The van der Waals surface area contributed by atoms with Crippen molar-refractivity contribution in [1.29, 1.82) is 0 Å². The van der Waals surface area contributed by atoms with E-state index in [2.05, 4.69) is 10.3 Å². The lowest BCUT2D eigenvalue weighted by Gasteiger charge is -2.22. The number of benzene rings is 2. The molecule has 7 nitrogen and oxygen atoms in total. The van der Waals surface area contributed by atoms with Gasteiger partial charge in [0.1, 0.15) is 11.8 Å². The standard InChI is InChI=1S/C22H21N3O4S/c1-14-19(15-8-4-2-5-9-15)23-21(30-14)24-20(27)18-12-16(26)13-25(18)22(28)29-17-10-6-3-7-11-17/h2-11,16,18,26H,12-13H2,1H3,(H,23,24,27)/t16-,18-/m1/s1. The van der Waals surface area contributed by atoms with E-state index in [-0.39, 0.29) is 13.0 Å². The Morgan fingerprint density at radius 1 is 1.13 bits per heavy atom. The van der Waals surface area contributed by atoms with Crippen molar-refractivity contribution in [1.82, 2.24) is 9.88 Å². The number of thiazole rings is 1. The summed E-state index contributed by atoms with van der Waals surface area (Å²) in [5.41, 5.74) is 1.78. The summed E-state index contributed by atoms with van der Waals surface area (Å²) >= 11 is 1.37. The third-order valence-corrected chi connectivity index (χ3v) is 5.72. The van der Waals surface area contributed by atoms with Crippen LogP contribution in [-0.4, -0.2) is 45.7 Å². The van der Waals surface area contributed by atoms with Gasteiger partial charge in [0, 0.05) is 16.9 Å². The number of carbonyl (C=O) groups is 2. The third kappa shape index (κ3) is 4.34. The fourth-order valence-electron chi connectivity index (χ4n) is 3.41. The van der Waals surface area contributed by atoms with Crippen LogP contribution in [0.5, 0.6) is 5.75 Å². The quantitative estimate of drug-likeness (QED) is 0.668. The van der Waals surface area contributed by atoms with Crippen LogP contribution in [0.15, 0.2) is 60.7 Å². The molecule has 0 radical (unpaired) electrons. The van der Waals surface area contributed by atoms with Crippen molar-refractivity contribution in [3.63, 3.8) is 0 Å². The second-order valence-electron chi connectivity index (χ2n) is 7.02. The van der Waals surface area contributed by atoms with Gasteiger partial charge >= 0.3 is 6.09 Å². The number of carbonyl (C=O) groups excluding carboxylic acids is 2. The zero-order chi connectivity index (χ0) is 21.1. The van der Waals surface area contributed by atoms with Gasteiger partial charge in [0.15, 0.2) is 5.13 Å². The number of nitrogens with one attached hydrogen (secondary N) is 1. The highest BCUT2D eigenvalue weighted by Crippen LogP contribution is 2.31. The van der Waals surface area contributed by atoms with Crippen LogP contribution in [0.3, 0.4) is 0 Å². The smallest absolute Gasteiger partial charge is 0.410 e. The average Bonchev–Trinajstić information content (AvgIpc) is 3.32. The third-order valence-electron chi connectivity index (χ3n) is 4.84. The van der Waals surface area contributed by atoms with Crippen molar-refractivity contribution in [2.24, 2.45) is 0 Å². The molecule has 0 saturated carbocycles. The predicted molar refractivity (Wildman–Crippen MR) is 115 cm³/mol. The minimum atomic E-state index is -0.833. The molecule has 2 heterocycles. The molecule has 4 rings (SSSR count). The number of nitrogens with zero attached hydrogens (tertiary/aromatic N) is 2. The van der Waals surface area contributed by atoms with Crippen LogP contribution in [-0.2, 0) is 4.79 Å². The number of rotatable bonds is 4. The molecule has 2 aromatic carbocycles. The molecule has 2 atom stereocenters. The first-order chi connectivity index (χ1) is 14.5. The molecule has 154 valence electrons. The summed E-state index contributed by atoms with van der Waals surface area (Å²) in [5.74, 6) is -0.0176. The normalized spacial score (nSPS) is 18.3. The number of aryl methyl sites for hydroxylation is 1. The van der Waals surface area contributed by atoms with E-state index in [0.717, 1.165) is 16.1 Å². The number of aliphatic hydroxyl groups excluding tert-OH is 1. The summed E-state index contributed by atoms with van der Waals surface area (Å²) < 4.78 is 5.34. The highest BCUT2D eigenvalue weighted by molar-refractivity contribution is 7.16. The minimum Gasteiger partial charge on any atom is -0.410 e. The number of amides is 2. The number of ether oxygens (including phenoxy) is 1. The van der Waals surface area contributed by atoms with Gasteiger partial charge in [-0.15, -0.1) is 11.3 Å². The Labute approximate surface area is 177 Å². The van der Waals surface area contributed by atoms with E-state index in [1.807, 2.05) is 43.3 Å². The van der Waals surface area contributed by atoms with Crippen molar-refractivity contribution in [3.05, 3.63) is 65.5 Å². The van der Waals surface area contributed by atoms with E-state index >= 15 is 0 Å². The van der Waals surface area contributed by atoms with Gasteiger partial charge < -0.3 is 15.2 Å². The molecule has 8 heteroatoms. The minimum absolute atomic E-state index is 0.0376. The van der Waals surface area contributed by atoms with E-state index in [9.17, 15) is 14.7 Å². The van der Waals surface area contributed by atoms with Gasteiger partial charge in [-0.05, 0) is 19.1 Å². The molecule has 1 aliphatic rings. The van der Waals surface area contributed by atoms with Crippen molar-refractivity contribution in [2.75, 3.05) is 11.9 Å². The van der Waals surface area contributed by atoms with E-state index in [4.69, 9.17) is 4.74 Å². The average molecular weight is 423 g/mol. The van der Waals surface area contributed by atoms with Crippen LogP contribution in [0, 0.1) is 6.92 Å². The number of anilines is 1. The first-order valence-electron chi connectivity index (χ1n) is 9.56. The highest BCUT2D eigenvalue weighted by Gasteiger charge is 2.40. The number of para-hydroxylation sites is 1. The zero-order valence-corrected chi connectivity index (χ0v) is 17.1. The molecule has 0 aliphatic carbocycles. The Hall–Kier alpha value is -3.23. The van der Waals surface area contributed by atoms with Crippen LogP contribution in [0.4, 0.5) is 9.93 Å². The Kier molecular flexibility index (Phi) is 5.78. The first kappa shape index (κ1) is 20.1. The Balaban J connectivity index is 1.47. The Morgan fingerprint density at radius 3 is 2.50 bits per heavy atom. The summed E-state index contributed by atoms with van der Waals surface area (Å²) in [6.07, 6.45) is -1.31. The lowest BCUT2D eigenvalue weighted by molar-refractivity contribution is -0.119. The number of aromatic nitrogens is 1. The van der Waals surface area contributed by atoms with Crippen LogP contribution in [0.25, 0.3) is 11.3 Å². The van der Waals surface area contributed by atoms with Gasteiger partial charge in [-0.1, -0.05) is 48.5 Å². The van der Waals surface area contributed by atoms with Gasteiger partial charge in [-0.25, -0.2) is 9.78 Å². The van der Waals surface area contributed by atoms with Crippen LogP contribution in [0.2, 0.25) is 0 Å². The second-order valence-corrected chi connectivity index (χ2v) is 8.22. The number of hydrogen-bond acceptors (Lipinski definition) is 6. The first-order valence-corrected chi connectivity index (χ1v) is 10.4. The molecule has 1 aromatic heterocycles. The molecule has 0 spiro atoms. The van der Waals surface area contributed by atoms with Crippen molar-refractivity contribution < 1.29 is 19.4 Å². The second kappa shape index (κ2) is 8.64. The molecule has 2 N–H and O–H groups in total. The molecular weight excluding hydrogens is 402 g/mol. The summed E-state index contributed by atoms with van der Waals surface area (Å²) in [5, 5.41) is 13.3. The predicted octanol–water partition coefficient (Wildman–Crippen LogP) is 3.69. The molecule has 1 saturated heterocycles. The molecular formula is C22H21N3O4S. The lowest BCUT2D eigenvalue weighted by Crippen LogP contribution is -2.44. The molecule has 0 unspecified atom stereocenters. The number of β-amino-alcohol motifs (C(OH)–C–C–N with tert-alkyl or cyclic N) is 1. The lowest BCUT2D eigenvalue weighted by atomic mass is 10.1. The largest absolute Gasteiger partial charge is 0.416 e. The van der Waals surface area contributed by atoms with Gasteiger partial charge in [0.2, 0.25) is 5.91 Å². The number of hydrogen-bond donors (Lipinski definition) is 2. The molecule has 1 fully saturated rings. The monoisotopic (exact) mass is 423 g/mol. The molecule has 0 bridgehead atoms. The molecule has 30 heavy (non-hydrogen) atoms. The van der Waals surface area contributed by atoms with Crippen molar-refractivity contribution >= 4 is 28.5 Å². The Bertz CT molecular complexity index is 1040. The van der Waals surface area contributed by atoms with Crippen LogP contribution < -0.4 is 10.1 Å². The summed E-state index contributed by atoms with van der Waals surface area (Å²) in [6, 6.07) is 17.5. The maximum absolute atomic E-state index is 12.9. The molecule has 3 aromatic rings. The molecule has 1 aliphatic heterocycles. The van der Waals surface area contributed by atoms with E-state index in [1.54, 1.807) is 24.3 Å². The summed E-state index contributed by atoms with van der Waals surface area (Å²) in [4.78, 5) is 32.2. The SMILES string of the molecule is Cc1sc(NC(=O)[C@H]2C[C@@H](O)CN2C(=O)Oc2ccccc2)nc1-c1ccccc1. The maximum Gasteiger partial charge on any atom is 0.416 e. The van der Waals surface area contributed by atoms with Crippen molar-refractivity contribution in [2.45, 2.75) is 25.5 Å². The zero-order valence-electron chi connectivity index (χ0n) is 16.3. The fraction of sp³-hybridized carbons (Fsp3) is 0.227. The van der Waals surface area contributed by atoms with E-state index in [0.29, 0.717) is 10.9 Å². The summed E-state index contributed by atoms with van der Waals surface area (Å²) in [7, 11) is 0. The number of aliphatic hydroxyl groups is 1. The van der Waals surface area contributed by atoms with Gasteiger partial charge in [0.05, 0.1) is 18.3 Å². The fourth-order valence-corrected chi connectivity index (χ4v) is 4.25. The molecule has 2 amide bonds. The maximum atomic E-state index is 12.9. The van der Waals surface area contributed by atoms with Crippen LogP contribution >= 0.6 is 11.3 Å². The Morgan fingerprint density at radius 2 is 1.80 bits per heavy atom. The van der Waals surface area contributed by atoms with Crippen LogP contribution in [0.1, 0.15) is 11.3 Å². The topological polar surface area (TPSA) is 91.8 Å². The van der Waals surface area contributed by atoms with E-state index < -0.39 is 24.1 Å². The number of likely N-dealkylation sites (tertiary alicyclic amines) is 1. The highest BCUT2D eigenvalue weighted by atomic mass is 32.1. The van der Waals surface area contributed by atoms with Gasteiger partial charge in [0.25, 0.3) is 0 Å². The van der Waals surface area contributed by atoms with Crippen molar-refractivity contribution in [3.8, 4) is 17.0 Å².